The van der Waals surface area contributed by atoms with Crippen molar-refractivity contribution in [1.82, 2.24) is 14.6 Å². The molecule has 1 N–H and O–H groups in total. The Kier molecular flexibility index (Phi) is 6.71. The summed E-state index contributed by atoms with van der Waals surface area (Å²) in [6, 6.07) is 15.8. The lowest BCUT2D eigenvalue weighted by Gasteiger charge is -2.09. The molecule has 0 saturated carbocycles. The molecule has 2 aromatic carbocycles. The Bertz CT molecular complexity index is 1590. The molecule has 3 aromatic heterocycles. The van der Waals surface area contributed by atoms with Gasteiger partial charge in [0.1, 0.15) is 16.4 Å². The van der Waals surface area contributed by atoms with Gasteiger partial charge in [0.15, 0.2) is 10.8 Å². The molecular weight excluding hydrogens is 499 g/mol. The Morgan fingerprint density at radius 3 is 2.69 bits per heavy atom. The predicted octanol–water partition coefficient (Wildman–Crippen LogP) is 5.97. The third-order valence-electron chi connectivity index (χ3n) is 5.58. The first-order valence-electron chi connectivity index (χ1n) is 11.2. The zero-order valence-corrected chi connectivity index (χ0v) is 21.1. The number of nitrogens with one attached hydrogen (secondary N) is 1. The first kappa shape index (κ1) is 24.0. The number of carbonyl (C=O) groups excluding carboxylic acids is 2. The summed E-state index contributed by atoms with van der Waals surface area (Å²) in [5, 5.41) is 15.2. The molecule has 0 aliphatic rings. The molecule has 0 saturated heterocycles. The van der Waals surface area contributed by atoms with E-state index in [4.69, 9.17) is 4.74 Å². The maximum absolute atomic E-state index is 13.4. The molecule has 0 spiro atoms. The summed E-state index contributed by atoms with van der Waals surface area (Å²) in [5.41, 5.74) is 4.25. The van der Waals surface area contributed by atoms with Crippen LogP contribution in [0.3, 0.4) is 0 Å². The van der Waals surface area contributed by atoms with Gasteiger partial charge < -0.3 is 10.1 Å². The van der Waals surface area contributed by atoms with Gasteiger partial charge in [-0.15, -0.1) is 21.5 Å². The number of anilines is 1. The number of esters is 1. The maximum atomic E-state index is 13.4. The minimum absolute atomic E-state index is 0.0645. The fourth-order valence-electron chi connectivity index (χ4n) is 3.96. The number of nitrogens with zero attached hydrogens (tertiary/aromatic N) is 3. The number of fused-ring (bicyclic) bond motifs is 3. The van der Waals surface area contributed by atoms with Crippen LogP contribution in [0.25, 0.3) is 27.7 Å². The lowest BCUT2D eigenvalue weighted by Crippen LogP contribution is -2.16. The maximum Gasteiger partial charge on any atom is 0.341 e. The minimum Gasteiger partial charge on any atom is -0.462 e. The van der Waals surface area contributed by atoms with Crippen molar-refractivity contribution < 1.29 is 18.7 Å². The van der Waals surface area contributed by atoms with Crippen molar-refractivity contribution in [2.24, 2.45) is 0 Å². The van der Waals surface area contributed by atoms with Crippen LogP contribution in [-0.4, -0.2) is 38.8 Å². The normalized spacial score (nSPS) is 11.2. The number of amides is 1. The molecule has 1 amide bonds. The van der Waals surface area contributed by atoms with Crippen molar-refractivity contribution in [2.75, 3.05) is 17.7 Å². The van der Waals surface area contributed by atoms with Crippen LogP contribution in [0.5, 0.6) is 0 Å². The Balaban J connectivity index is 1.39. The van der Waals surface area contributed by atoms with E-state index in [2.05, 4.69) is 15.5 Å². The number of aromatic nitrogens is 3. The average Bonchev–Trinajstić information content (AvgIpc) is 3.48. The molecule has 36 heavy (non-hydrogen) atoms. The van der Waals surface area contributed by atoms with Crippen molar-refractivity contribution in [3.63, 3.8) is 0 Å². The van der Waals surface area contributed by atoms with E-state index < -0.39 is 5.97 Å². The lowest BCUT2D eigenvalue weighted by atomic mass is 10.0. The number of hydrogen-bond donors (Lipinski definition) is 1. The van der Waals surface area contributed by atoms with Gasteiger partial charge in [0.2, 0.25) is 5.91 Å². The molecule has 5 aromatic rings. The van der Waals surface area contributed by atoms with Gasteiger partial charge >= 0.3 is 5.97 Å². The van der Waals surface area contributed by atoms with Gasteiger partial charge in [0.05, 0.1) is 17.9 Å². The lowest BCUT2D eigenvalue weighted by molar-refractivity contribution is -0.113. The molecular formula is C26H21FN4O3S2. The van der Waals surface area contributed by atoms with E-state index in [0.29, 0.717) is 26.9 Å². The molecule has 10 heteroatoms. The van der Waals surface area contributed by atoms with Crippen LogP contribution in [0, 0.1) is 12.7 Å². The fraction of sp³-hybridized carbons (Fsp3) is 0.154. The highest BCUT2D eigenvalue weighted by molar-refractivity contribution is 7.99. The molecule has 7 nitrogen and oxygen atoms in total. The number of rotatable bonds is 7. The Morgan fingerprint density at radius 2 is 1.92 bits per heavy atom. The number of carbonyl (C=O) groups is 2. The average molecular weight is 521 g/mol. The molecule has 182 valence electrons. The molecule has 0 radical (unpaired) electrons. The monoisotopic (exact) mass is 520 g/mol. The Morgan fingerprint density at radius 1 is 1.14 bits per heavy atom. The second-order valence-corrected chi connectivity index (χ2v) is 9.76. The fourth-order valence-corrected chi connectivity index (χ4v) is 5.68. The molecule has 0 atom stereocenters. The number of hydrogen-bond acceptors (Lipinski definition) is 7. The molecule has 0 bridgehead atoms. The van der Waals surface area contributed by atoms with E-state index in [-0.39, 0.29) is 29.6 Å². The zero-order valence-electron chi connectivity index (χ0n) is 19.4. The molecule has 0 aliphatic carbocycles. The number of para-hydroxylation sites is 1. The van der Waals surface area contributed by atoms with Crippen LogP contribution >= 0.6 is 23.1 Å². The van der Waals surface area contributed by atoms with Gasteiger partial charge in [0.25, 0.3) is 0 Å². The Labute approximate surface area is 214 Å². The highest BCUT2D eigenvalue weighted by Gasteiger charge is 2.23. The summed E-state index contributed by atoms with van der Waals surface area (Å²) in [6.45, 7) is 3.93. The quantitative estimate of drug-likeness (QED) is 0.210. The van der Waals surface area contributed by atoms with Gasteiger partial charge in [-0.3, -0.25) is 9.20 Å². The zero-order chi connectivity index (χ0) is 25.2. The van der Waals surface area contributed by atoms with Gasteiger partial charge in [-0.25, -0.2) is 9.18 Å². The summed E-state index contributed by atoms with van der Waals surface area (Å²) in [7, 11) is 0. The van der Waals surface area contributed by atoms with Crippen molar-refractivity contribution in [1.29, 1.82) is 0 Å². The first-order chi connectivity index (χ1) is 17.5. The van der Waals surface area contributed by atoms with Crippen LogP contribution in [0.1, 0.15) is 22.8 Å². The molecule has 0 fully saturated rings. The van der Waals surface area contributed by atoms with E-state index in [1.807, 2.05) is 41.7 Å². The second-order valence-electron chi connectivity index (χ2n) is 7.94. The van der Waals surface area contributed by atoms with E-state index in [1.165, 1.54) is 35.2 Å². The van der Waals surface area contributed by atoms with Gasteiger partial charge in [-0.1, -0.05) is 42.1 Å². The van der Waals surface area contributed by atoms with Crippen LogP contribution in [0.4, 0.5) is 9.39 Å². The van der Waals surface area contributed by atoms with Crippen LogP contribution in [-0.2, 0) is 9.53 Å². The number of halogens is 1. The van der Waals surface area contributed by atoms with E-state index in [1.54, 1.807) is 24.4 Å². The van der Waals surface area contributed by atoms with Crippen LogP contribution in [0.15, 0.2) is 65.1 Å². The van der Waals surface area contributed by atoms with Crippen LogP contribution < -0.4 is 5.32 Å². The van der Waals surface area contributed by atoms with Crippen molar-refractivity contribution in [3.05, 3.63) is 76.9 Å². The van der Waals surface area contributed by atoms with Gasteiger partial charge in [0, 0.05) is 16.3 Å². The predicted molar refractivity (Wildman–Crippen MR) is 140 cm³/mol. The minimum atomic E-state index is -0.550. The first-order valence-corrected chi connectivity index (χ1v) is 13.0. The summed E-state index contributed by atoms with van der Waals surface area (Å²) in [5.74, 6) is -1.16. The van der Waals surface area contributed by atoms with E-state index in [0.717, 1.165) is 16.5 Å². The molecule has 5 rings (SSSR count). The molecule has 0 aliphatic heterocycles. The van der Waals surface area contributed by atoms with E-state index in [9.17, 15) is 14.0 Å². The third kappa shape index (κ3) is 4.57. The number of thiophene rings is 1. The largest absolute Gasteiger partial charge is 0.462 e. The van der Waals surface area contributed by atoms with E-state index >= 15 is 0 Å². The number of aryl methyl sites for hydroxylation is 1. The number of ether oxygens (including phenoxy) is 1. The van der Waals surface area contributed by atoms with Crippen molar-refractivity contribution in [2.45, 2.75) is 19.0 Å². The summed E-state index contributed by atoms with van der Waals surface area (Å²) in [4.78, 5) is 25.6. The second kappa shape index (κ2) is 10.1. The summed E-state index contributed by atoms with van der Waals surface area (Å²) < 4.78 is 20.6. The number of thioether (sulfide) groups is 1. The van der Waals surface area contributed by atoms with Crippen molar-refractivity contribution >= 4 is 56.5 Å². The van der Waals surface area contributed by atoms with Crippen LogP contribution in [0.2, 0.25) is 0 Å². The summed E-state index contributed by atoms with van der Waals surface area (Å²) in [6.07, 6.45) is 0. The Hall–Kier alpha value is -3.76. The topological polar surface area (TPSA) is 85.6 Å². The summed E-state index contributed by atoms with van der Waals surface area (Å²) >= 11 is 2.48. The highest BCUT2D eigenvalue weighted by Crippen LogP contribution is 2.36. The molecule has 0 unspecified atom stereocenters. The van der Waals surface area contributed by atoms with Crippen molar-refractivity contribution in [3.8, 4) is 11.1 Å². The number of benzene rings is 2. The SMILES string of the molecule is CCOC(=O)c1c(-c2ccc(F)cc2)csc1NC(=O)CSc1nnc2cc(C)c3ccccc3n12. The highest BCUT2D eigenvalue weighted by atomic mass is 32.2. The smallest absolute Gasteiger partial charge is 0.341 e. The van der Waals surface area contributed by atoms with Gasteiger partial charge in [-0.05, 0) is 49.2 Å². The standard InChI is InChI=1S/C26H21FN4O3S2/c1-3-34-25(33)23-19(16-8-10-17(27)11-9-16)13-35-24(23)28-22(32)14-36-26-30-29-21-12-15(2)18-6-4-5-7-20(18)31(21)26/h4-13H,3,14H2,1-2H3,(H,28,32). The van der Waals surface area contributed by atoms with Gasteiger partial charge in [-0.2, -0.15) is 0 Å². The number of pyridine rings is 1. The molecule has 3 heterocycles. The third-order valence-corrected chi connectivity index (χ3v) is 7.41.